The summed E-state index contributed by atoms with van der Waals surface area (Å²) < 4.78 is 6.64. The molecule has 0 radical (unpaired) electrons. The number of esters is 1. The lowest BCUT2D eigenvalue weighted by atomic mass is 9.88. The highest BCUT2D eigenvalue weighted by molar-refractivity contribution is 5.87. The third kappa shape index (κ3) is 2.40. The summed E-state index contributed by atoms with van der Waals surface area (Å²) in [7, 11) is 1.31. The smallest absolute Gasteiger partial charge is 0.328 e. The molecule has 1 amide bonds. The standard InChI is InChI=1S/C19H24N2O5/c1-26-19(25)17-13(10-22)12-9-20-14(7-4-8-15(20)23)16(12)21(17)18(24)11-5-2-3-6-11/h4,7-8,11-13,16-17,22H,2-3,5-6,9-10H2,1H3/t12-,13-,16+,17-/m1/s1. The number of hydrogen-bond donors (Lipinski definition) is 1. The van der Waals surface area contributed by atoms with Crippen LogP contribution in [-0.4, -0.2) is 46.2 Å². The van der Waals surface area contributed by atoms with E-state index in [0.29, 0.717) is 6.54 Å². The molecular formula is C19H24N2O5. The van der Waals surface area contributed by atoms with Gasteiger partial charge in [-0.2, -0.15) is 0 Å². The molecule has 26 heavy (non-hydrogen) atoms. The third-order valence-electron chi connectivity index (χ3n) is 6.35. The van der Waals surface area contributed by atoms with E-state index < -0.39 is 17.9 Å². The van der Waals surface area contributed by atoms with Crippen molar-refractivity contribution in [2.24, 2.45) is 17.8 Å². The molecule has 3 aliphatic rings. The number of carbonyl (C=O) groups is 2. The summed E-state index contributed by atoms with van der Waals surface area (Å²) in [6.07, 6.45) is 3.68. The number of aliphatic hydroxyl groups excluding tert-OH is 1. The summed E-state index contributed by atoms with van der Waals surface area (Å²) in [5.74, 6) is -1.23. The molecule has 1 saturated heterocycles. The Hall–Kier alpha value is -2.15. The van der Waals surface area contributed by atoms with Crippen LogP contribution < -0.4 is 5.56 Å². The van der Waals surface area contributed by atoms with Gasteiger partial charge in [-0.1, -0.05) is 18.9 Å². The highest BCUT2D eigenvalue weighted by Crippen LogP contribution is 2.50. The van der Waals surface area contributed by atoms with Gasteiger partial charge in [-0.25, -0.2) is 4.79 Å². The molecule has 4 atom stereocenters. The fraction of sp³-hybridized carbons (Fsp3) is 0.632. The van der Waals surface area contributed by atoms with Gasteiger partial charge in [0, 0.05) is 42.7 Å². The van der Waals surface area contributed by atoms with Crippen LogP contribution in [0.2, 0.25) is 0 Å². The van der Waals surface area contributed by atoms with Gasteiger partial charge in [-0.15, -0.1) is 0 Å². The maximum absolute atomic E-state index is 13.3. The van der Waals surface area contributed by atoms with Crippen LogP contribution in [-0.2, 0) is 20.9 Å². The first-order valence-corrected chi connectivity index (χ1v) is 9.29. The number of fused-ring (bicyclic) bond motifs is 3. The average Bonchev–Trinajstić information content (AvgIpc) is 3.35. The Morgan fingerprint density at radius 3 is 2.65 bits per heavy atom. The van der Waals surface area contributed by atoms with Crippen LogP contribution in [0.25, 0.3) is 0 Å². The monoisotopic (exact) mass is 360 g/mol. The second kappa shape index (κ2) is 6.54. The molecule has 7 nitrogen and oxygen atoms in total. The van der Waals surface area contributed by atoms with Crippen molar-refractivity contribution in [3.05, 3.63) is 34.2 Å². The molecular weight excluding hydrogens is 336 g/mol. The molecule has 1 N–H and O–H groups in total. The first kappa shape index (κ1) is 17.3. The number of hydrogen-bond acceptors (Lipinski definition) is 5. The van der Waals surface area contributed by atoms with Crippen LogP contribution in [0.3, 0.4) is 0 Å². The maximum Gasteiger partial charge on any atom is 0.328 e. The third-order valence-corrected chi connectivity index (χ3v) is 6.35. The molecule has 1 aromatic rings. The Kier molecular flexibility index (Phi) is 4.34. The largest absolute Gasteiger partial charge is 0.467 e. The Morgan fingerprint density at radius 1 is 1.27 bits per heavy atom. The van der Waals surface area contributed by atoms with Crippen molar-refractivity contribution in [2.45, 2.75) is 44.3 Å². The van der Waals surface area contributed by atoms with Gasteiger partial charge in [0.05, 0.1) is 13.2 Å². The number of rotatable bonds is 3. The first-order valence-electron chi connectivity index (χ1n) is 9.29. The van der Waals surface area contributed by atoms with Crippen molar-refractivity contribution in [2.75, 3.05) is 13.7 Å². The molecule has 1 aliphatic carbocycles. The van der Waals surface area contributed by atoms with Crippen LogP contribution in [0.5, 0.6) is 0 Å². The number of aliphatic hydroxyl groups is 1. The molecule has 1 aromatic heterocycles. The quantitative estimate of drug-likeness (QED) is 0.802. The maximum atomic E-state index is 13.3. The summed E-state index contributed by atoms with van der Waals surface area (Å²) in [6, 6.07) is 3.87. The second-order valence-corrected chi connectivity index (χ2v) is 7.55. The zero-order chi connectivity index (χ0) is 18.4. The van der Waals surface area contributed by atoms with Gasteiger partial charge in [0.1, 0.15) is 6.04 Å². The van der Waals surface area contributed by atoms with E-state index in [1.807, 2.05) is 6.07 Å². The highest BCUT2D eigenvalue weighted by Gasteiger charge is 2.58. The van der Waals surface area contributed by atoms with Crippen LogP contribution in [0.4, 0.5) is 0 Å². The molecule has 7 heteroatoms. The molecule has 0 spiro atoms. The zero-order valence-electron chi connectivity index (χ0n) is 14.8. The summed E-state index contributed by atoms with van der Waals surface area (Å²) in [5.41, 5.74) is 0.634. The van der Waals surface area contributed by atoms with Crippen LogP contribution in [0.1, 0.15) is 37.4 Å². The highest BCUT2D eigenvalue weighted by atomic mass is 16.5. The molecule has 3 heterocycles. The lowest BCUT2D eigenvalue weighted by Gasteiger charge is -2.32. The SMILES string of the molecule is COC(=O)[C@H]1[C@H](CO)[C@H]2Cn3c(cccc3=O)[C@H]2N1C(=O)C1CCCC1. The summed E-state index contributed by atoms with van der Waals surface area (Å²) in [4.78, 5) is 39.7. The van der Waals surface area contributed by atoms with E-state index in [4.69, 9.17) is 4.74 Å². The van der Waals surface area contributed by atoms with Crippen molar-refractivity contribution >= 4 is 11.9 Å². The van der Waals surface area contributed by atoms with Crippen LogP contribution in [0, 0.1) is 17.8 Å². The van der Waals surface area contributed by atoms with E-state index >= 15 is 0 Å². The Bertz CT molecular complexity index is 782. The predicted octanol–water partition coefficient (Wildman–Crippen LogP) is 0.702. The number of nitrogens with zero attached hydrogens (tertiary/aromatic N) is 2. The number of ether oxygens (including phenoxy) is 1. The van der Waals surface area contributed by atoms with Gasteiger partial charge >= 0.3 is 5.97 Å². The zero-order valence-corrected chi connectivity index (χ0v) is 14.8. The minimum Gasteiger partial charge on any atom is -0.467 e. The van der Waals surface area contributed by atoms with E-state index in [9.17, 15) is 19.5 Å². The number of likely N-dealkylation sites (tertiary alicyclic amines) is 1. The van der Waals surface area contributed by atoms with Crippen molar-refractivity contribution in [1.82, 2.24) is 9.47 Å². The average molecular weight is 360 g/mol. The van der Waals surface area contributed by atoms with Crippen molar-refractivity contribution in [3.8, 4) is 0 Å². The lowest BCUT2D eigenvalue weighted by molar-refractivity contribution is -0.155. The van der Waals surface area contributed by atoms with Gasteiger partial charge in [0.15, 0.2) is 0 Å². The first-order chi connectivity index (χ1) is 12.6. The molecule has 1 saturated carbocycles. The van der Waals surface area contributed by atoms with E-state index in [2.05, 4.69) is 0 Å². The van der Waals surface area contributed by atoms with E-state index in [-0.39, 0.29) is 36.0 Å². The summed E-state index contributed by atoms with van der Waals surface area (Å²) in [6.45, 7) is 0.185. The van der Waals surface area contributed by atoms with E-state index in [1.54, 1.807) is 15.5 Å². The summed E-state index contributed by atoms with van der Waals surface area (Å²) in [5, 5.41) is 10.0. The van der Waals surface area contributed by atoms with Gasteiger partial charge in [0.2, 0.25) is 5.91 Å². The number of methoxy groups -OCH3 is 1. The fourth-order valence-corrected chi connectivity index (χ4v) is 5.15. The minimum atomic E-state index is -0.794. The van der Waals surface area contributed by atoms with Gasteiger partial charge in [-0.05, 0) is 18.9 Å². The molecule has 0 unspecified atom stereocenters. The minimum absolute atomic E-state index is 0.0476. The van der Waals surface area contributed by atoms with E-state index in [0.717, 1.165) is 31.4 Å². The summed E-state index contributed by atoms with van der Waals surface area (Å²) >= 11 is 0. The number of pyridine rings is 1. The normalized spacial score (nSPS) is 30.3. The van der Waals surface area contributed by atoms with Crippen molar-refractivity contribution in [1.29, 1.82) is 0 Å². The second-order valence-electron chi connectivity index (χ2n) is 7.55. The molecule has 4 rings (SSSR count). The number of carbonyl (C=O) groups excluding carboxylic acids is 2. The molecule has 0 aromatic carbocycles. The molecule has 0 bridgehead atoms. The molecule has 2 fully saturated rings. The van der Waals surface area contributed by atoms with Gasteiger partial charge in [0.25, 0.3) is 5.56 Å². The van der Waals surface area contributed by atoms with Crippen LogP contribution in [0.15, 0.2) is 23.0 Å². The number of aromatic nitrogens is 1. The molecule has 140 valence electrons. The number of amides is 1. The Labute approximate surface area is 151 Å². The fourth-order valence-electron chi connectivity index (χ4n) is 5.15. The Balaban J connectivity index is 1.81. The van der Waals surface area contributed by atoms with Gasteiger partial charge < -0.3 is 19.3 Å². The van der Waals surface area contributed by atoms with Gasteiger partial charge in [-0.3, -0.25) is 9.59 Å². The van der Waals surface area contributed by atoms with Crippen molar-refractivity contribution < 1.29 is 19.4 Å². The van der Waals surface area contributed by atoms with Crippen LogP contribution >= 0.6 is 0 Å². The van der Waals surface area contributed by atoms with Crippen molar-refractivity contribution in [3.63, 3.8) is 0 Å². The predicted molar refractivity (Wildman–Crippen MR) is 92.1 cm³/mol. The topological polar surface area (TPSA) is 88.8 Å². The Morgan fingerprint density at radius 2 is 2.00 bits per heavy atom. The lowest BCUT2D eigenvalue weighted by Crippen LogP contribution is -2.48. The molecule has 2 aliphatic heterocycles. The van der Waals surface area contributed by atoms with E-state index in [1.165, 1.54) is 13.2 Å².